The third kappa shape index (κ3) is 1.32. The van der Waals surface area contributed by atoms with Crippen molar-refractivity contribution in [3.63, 3.8) is 0 Å². The van der Waals surface area contributed by atoms with Gasteiger partial charge in [-0.2, -0.15) is 0 Å². The molecule has 0 saturated carbocycles. The number of ether oxygens (including phenoxy) is 1. The largest absolute Gasteiger partial charge is 0.461 e. The number of imidazole rings is 1. The Morgan fingerprint density at radius 1 is 1.77 bits per heavy atom. The van der Waals surface area contributed by atoms with Crippen molar-refractivity contribution in [3.8, 4) is 0 Å². The van der Waals surface area contributed by atoms with Crippen LogP contribution < -0.4 is 0 Å². The molecule has 4 heteroatoms. The third-order valence-corrected chi connectivity index (χ3v) is 2.20. The molecule has 4 nitrogen and oxygen atoms in total. The highest BCUT2D eigenvalue weighted by atomic mass is 16.5. The lowest BCUT2D eigenvalue weighted by molar-refractivity contribution is 0.0514. The number of esters is 1. The second-order valence-electron chi connectivity index (χ2n) is 3.04. The van der Waals surface area contributed by atoms with Crippen molar-refractivity contribution in [3.05, 3.63) is 17.7 Å². The first-order chi connectivity index (χ1) is 6.33. The van der Waals surface area contributed by atoms with E-state index in [2.05, 4.69) is 4.98 Å². The van der Waals surface area contributed by atoms with Gasteiger partial charge in [0.05, 0.1) is 12.8 Å². The SMILES string of the molecule is CCOC(=O)c1cnc2n1CCC2. The normalized spacial score (nSPS) is 14.2. The number of hydrogen-bond acceptors (Lipinski definition) is 3. The van der Waals surface area contributed by atoms with Crippen LogP contribution in [-0.2, 0) is 17.7 Å². The maximum atomic E-state index is 11.4. The smallest absolute Gasteiger partial charge is 0.356 e. The zero-order valence-electron chi connectivity index (χ0n) is 7.62. The molecule has 0 N–H and O–H groups in total. The van der Waals surface area contributed by atoms with Gasteiger partial charge in [-0.25, -0.2) is 9.78 Å². The first-order valence-corrected chi connectivity index (χ1v) is 4.54. The van der Waals surface area contributed by atoms with Crippen LogP contribution in [0.15, 0.2) is 6.20 Å². The van der Waals surface area contributed by atoms with E-state index >= 15 is 0 Å². The predicted molar refractivity (Wildman–Crippen MR) is 46.5 cm³/mol. The summed E-state index contributed by atoms with van der Waals surface area (Å²) < 4.78 is 6.85. The molecular weight excluding hydrogens is 168 g/mol. The van der Waals surface area contributed by atoms with Gasteiger partial charge in [0.15, 0.2) is 0 Å². The van der Waals surface area contributed by atoms with Crippen molar-refractivity contribution >= 4 is 5.97 Å². The first-order valence-electron chi connectivity index (χ1n) is 4.54. The average Bonchev–Trinajstić information content (AvgIpc) is 2.62. The maximum Gasteiger partial charge on any atom is 0.356 e. The van der Waals surface area contributed by atoms with Gasteiger partial charge in [0.25, 0.3) is 0 Å². The number of rotatable bonds is 2. The van der Waals surface area contributed by atoms with Crippen molar-refractivity contribution < 1.29 is 9.53 Å². The van der Waals surface area contributed by atoms with Crippen LogP contribution in [0.1, 0.15) is 29.7 Å². The quantitative estimate of drug-likeness (QED) is 0.638. The van der Waals surface area contributed by atoms with Gasteiger partial charge in [0, 0.05) is 13.0 Å². The summed E-state index contributed by atoms with van der Waals surface area (Å²) in [6.45, 7) is 3.11. The molecule has 70 valence electrons. The highest BCUT2D eigenvalue weighted by Crippen LogP contribution is 2.16. The van der Waals surface area contributed by atoms with Gasteiger partial charge >= 0.3 is 5.97 Å². The number of nitrogens with zero attached hydrogens (tertiary/aromatic N) is 2. The summed E-state index contributed by atoms with van der Waals surface area (Å²) in [7, 11) is 0. The third-order valence-electron chi connectivity index (χ3n) is 2.20. The van der Waals surface area contributed by atoms with E-state index in [4.69, 9.17) is 4.74 Å². The van der Waals surface area contributed by atoms with Crippen LogP contribution in [0, 0.1) is 0 Å². The number of fused-ring (bicyclic) bond motifs is 1. The molecule has 1 aromatic heterocycles. The van der Waals surface area contributed by atoms with Crippen LogP contribution in [0.2, 0.25) is 0 Å². The van der Waals surface area contributed by atoms with Gasteiger partial charge in [0.1, 0.15) is 11.5 Å². The number of carbonyl (C=O) groups is 1. The Morgan fingerprint density at radius 3 is 3.38 bits per heavy atom. The molecule has 0 amide bonds. The van der Waals surface area contributed by atoms with Gasteiger partial charge in [-0.05, 0) is 13.3 Å². The molecule has 0 atom stereocenters. The fourth-order valence-electron chi connectivity index (χ4n) is 1.63. The van der Waals surface area contributed by atoms with Crippen molar-refractivity contribution in [2.24, 2.45) is 0 Å². The Bertz CT molecular complexity index is 330. The summed E-state index contributed by atoms with van der Waals surface area (Å²) in [6, 6.07) is 0. The van der Waals surface area contributed by atoms with Gasteiger partial charge in [0.2, 0.25) is 0 Å². The first kappa shape index (κ1) is 8.29. The van der Waals surface area contributed by atoms with E-state index < -0.39 is 0 Å². The lowest BCUT2D eigenvalue weighted by atomic mass is 10.4. The molecular formula is C9H12N2O2. The van der Waals surface area contributed by atoms with Gasteiger partial charge in [-0.1, -0.05) is 0 Å². The van der Waals surface area contributed by atoms with Crippen LogP contribution in [0.3, 0.4) is 0 Å². The van der Waals surface area contributed by atoms with Crippen LogP contribution in [0.5, 0.6) is 0 Å². The lowest BCUT2D eigenvalue weighted by Crippen LogP contribution is -2.10. The second-order valence-corrected chi connectivity index (χ2v) is 3.04. The van der Waals surface area contributed by atoms with E-state index in [0.29, 0.717) is 12.3 Å². The standard InChI is InChI=1S/C9H12N2O2/c1-2-13-9(12)7-6-10-8-4-3-5-11(7)8/h6H,2-5H2,1H3. The molecule has 1 aromatic rings. The Hall–Kier alpha value is -1.32. The molecule has 0 aromatic carbocycles. The van der Waals surface area contributed by atoms with Crippen LogP contribution in [-0.4, -0.2) is 22.1 Å². The lowest BCUT2D eigenvalue weighted by Gasteiger charge is -2.03. The number of aryl methyl sites for hydroxylation is 1. The van der Waals surface area contributed by atoms with Crippen LogP contribution in [0.25, 0.3) is 0 Å². The maximum absolute atomic E-state index is 11.4. The zero-order chi connectivity index (χ0) is 9.26. The summed E-state index contributed by atoms with van der Waals surface area (Å²) >= 11 is 0. The van der Waals surface area contributed by atoms with Crippen LogP contribution >= 0.6 is 0 Å². The Balaban J connectivity index is 2.26. The highest BCUT2D eigenvalue weighted by molar-refractivity contribution is 5.87. The fraction of sp³-hybridized carbons (Fsp3) is 0.556. The molecule has 0 radical (unpaired) electrons. The molecule has 0 unspecified atom stereocenters. The molecule has 0 saturated heterocycles. The summed E-state index contributed by atoms with van der Waals surface area (Å²) in [5, 5.41) is 0. The zero-order valence-corrected chi connectivity index (χ0v) is 7.62. The predicted octanol–water partition coefficient (Wildman–Crippen LogP) is 1.01. The van der Waals surface area contributed by atoms with Crippen molar-refractivity contribution in [1.29, 1.82) is 0 Å². The average molecular weight is 180 g/mol. The summed E-state index contributed by atoms with van der Waals surface area (Å²) in [5.74, 6) is 0.742. The van der Waals surface area contributed by atoms with Gasteiger partial charge in [-0.15, -0.1) is 0 Å². The molecule has 2 rings (SSSR count). The molecule has 0 fully saturated rings. The number of carbonyl (C=O) groups excluding carboxylic acids is 1. The minimum absolute atomic E-state index is 0.261. The highest BCUT2D eigenvalue weighted by Gasteiger charge is 2.20. The van der Waals surface area contributed by atoms with Gasteiger partial charge < -0.3 is 9.30 Å². The molecule has 0 bridgehead atoms. The second kappa shape index (κ2) is 3.20. The minimum atomic E-state index is -0.261. The Morgan fingerprint density at radius 2 is 2.62 bits per heavy atom. The van der Waals surface area contributed by atoms with Gasteiger partial charge in [-0.3, -0.25) is 0 Å². The Labute approximate surface area is 76.5 Å². The monoisotopic (exact) mass is 180 g/mol. The van der Waals surface area contributed by atoms with E-state index in [9.17, 15) is 4.79 Å². The summed E-state index contributed by atoms with van der Waals surface area (Å²) in [6.07, 6.45) is 3.65. The topological polar surface area (TPSA) is 44.1 Å². The fourth-order valence-corrected chi connectivity index (χ4v) is 1.63. The molecule has 0 spiro atoms. The van der Waals surface area contributed by atoms with E-state index in [1.807, 2.05) is 4.57 Å². The Kier molecular flexibility index (Phi) is 2.04. The number of aromatic nitrogens is 2. The molecule has 0 aliphatic carbocycles. The van der Waals surface area contributed by atoms with Crippen molar-refractivity contribution in [2.75, 3.05) is 6.61 Å². The van der Waals surface area contributed by atoms with E-state index in [1.54, 1.807) is 13.1 Å². The summed E-state index contributed by atoms with van der Waals surface area (Å²) in [4.78, 5) is 15.5. The molecule has 2 heterocycles. The van der Waals surface area contributed by atoms with E-state index in [1.165, 1.54) is 0 Å². The van der Waals surface area contributed by atoms with Crippen LogP contribution in [0.4, 0.5) is 0 Å². The van der Waals surface area contributed by atoms with Crippen molar-refractivity contribution in [1.82, 2.24) is 9.55 Å². The van der Waals surface area contributed by atoms with E-state index in [-0.39, 0.29) is 5.97 Å². The number of hydrogen-bond donors (Lipinski definition) is 0. The molecule has 1 aliphatic rings. The van der Waals surface area contributed by atoms with E-state index in [0.717, 1.165) is 25.2 Å². The van der Waals surface area contributed by atoms with Crippen molar-refractivity contribution in [2.45, 2.75) is 26.3 Å². The molecule has 1 aliphatic heterocycles. The molecule has 13 heavy (non-hydrogen) atoms. The summed E-state index contributed by atoms with van der Waals surface area (Å²) in [5.41, 5.74) is 0.592. The minimum Gasteiger partial charge on any atom is -0.461 e.